The quantitative estimate of drug-likeness (QED) is 0.160. The third kappa shape index (κ3) is 7.17. The number of unbranched alkanes of at least 4 members (excludes halogenated alkanes) is 1. The Hall–Kier alpha value is -2.86. The number of aliphatic hydroxyl groups is 3. The van der Waals surface area contributed by atoms with Crippen LogP contribution in [0.3, 0.4) is 0 Å². The fourth-order valence-corrected chi connectivity index (χ4v) is 9.36. The average molecular weight is 629 g/mol. The van der Waals surface area contributed by atoms with Gasteiger partial charge < -0.3 is 25.5 Å². The van der Waals surface area contributed by atoms with Crippen molar-refractivity contribution >= 4 is 0 Å². The Kier molecular flexibility index (Phi) is 10.9. The molecule has 2 aromatic carbocycles. The van der Waals surface area contributed by atoms with Gasteiger partial charge >= 0.3 is 0 Å². The van der Waals surface area contributed by atoms with Crippen molar-refractivity contribution in [3.63, 3.8) is 0 Å². The van der Waals surface area contributed by atoms with Crippen molar-refractivity contribution in [1.29, 1.82) is 0 Å². The summed E-state index contributed by atoms with van der Waals surface area (Å²) < 4.78 is 0. The maximum atomic E-state index is 12.3. The van der Waals surface area contributed by atoms with E-state index in [0.717, 1.165) is 42.4 Å². The topological polar surface area (TPSA) is 101 Å². The van der Waals surface area contributed by atoms with E-state index >= 15 is 0 Å². The second-order valence-electron chi connectivity index (χ2n) is 14.9. The van der Waals surface area contributed by atoms with E-state index in [1.54, 1.807) is 24.3 Å². The van der Waals surface area contributed by atoms with E-state index in [4.69, 9.17) is 0 Å². The van der Waals surface area contributed by atoms with Crippen LogP contribution in [0.5, 0.6) is 11.5 Å². The van der Waals surface area contributed by atoms with E-state index < -0.39 is 17.8 Å². The maximum absolute atomic E-state index is 12.3. The van der Waals surface area contributed by atoms with E-state index in [0.29, 0.717) is 48.5 Å². The Morgan fingerprint density at radius 2 is 1.50 bits per heavy atom. The second-order valence-corrected chi connectivity index (χ2v) is 14.9. The Labute approximate surface area is 276 Å². The number of rotatable bonds is 11. The van der Waals surface area contributed by atoms with Crippen LogP contribution in [0.2, 0.25) is 0 Å². The minimum absolute atomic E-state index is 0.173. The largest absolute Gasteiger partial charge is 0.508 e. The van der Waals surface area contributed by atoms with Crippen LogP contribution >= 0.6 is 0 Å². The fourth-order valence-electron chi connectivity index (χ4n) is 9.36. The second kappa shape index (κ2) is 14.5. The van der Waals surface area contributed by atoms with E-state index in [1.807, 2.05) is 24.3 Å². The van der Waals surface area contributed by atoms with Gasteiger partial charge in [-0.1, -0.05) is 94.2 Å². The van der Waals surface area contributed by atoms with Crippen LogP contribution in [0.25, 0.3) is 0 Å². The predicted molar refractivity (Wildman–Crippen MR) is 185 cm³/mol. The lowest BCUT2D eigenvalue weighted by molar-refractivity contribution is 0.0385. The van der Waals surface area contributed by atoms with Crippen LogP contribution in [0.1, 0.15) is 109 Å². The molecule has 3 saturated carbocycles. The monoisotopic (exact) mass is 628 g/mol. The van der Waals surface area contributed by atoms with Gasteiger partial charge in [0.15, 0.2) is 0 Å². The highest BCUT2D eigenvalue weighted by atomic mass is 16.3. The molecule has 7 atom stereocenters. The van der Waals surface area contributed by atoms with Gasteiger partial charge in [0.1, 0.15) is 17.1 Å². The minimum Gasteiger partial charge on any atom is -0.508 e. The zero-order valence-corrected chi connectivity index (χ0v) is 28.2. The van der Waals surface area contributed by atoms with Crippen molar-refractivity contribution < 1.29 is 25.5 Å². The zero-order valence-electron chi connectivity index (χ0n) is 28.2. The van der Waals surface area contributed by atoms with Crippen LogP contribution in [-0.2, 0) is 5.60 Å². The molecular weight excluding hydrogens is 572 g/mol. The highest BCUT2D eigenvalue weighted by molar-refractivity contribution is 5.40. The summed E-state index contributed by atoms with van der Waals surface area (Å²) in [6, 6.07) is 13.8. The van der Waals surface area contributed by atoms with E-state index in [9.17, 15) is 25.5 Å². The molecule has 46 heavy (non-hydrogen) atoms. The SMILES string of the molecule is C=C1[C@H](O)CC(=C/C=C2\CCC[C@]3(C)[C@@H]([C@H](C)[C@@H](CCCC)CCC(O)(c4ccc(O)cc4)c4ccc(O)cc4)CC[C@@H]23)C[C@H]1O. The number of allylic oxidation sites excluding steroid dienone is 3. The molecule has 3 aliphatic carbocycles. The molecule has 0 heterocycles. The summed E-state index contributed by atoms with van der Waals surface area (Å²) in [5.74, 6) is 2.48. The van der Waals surface area contributed by atoms with E-state index in [2.05, 4.69) is 39.5 Å². The van der Waals surface area contributed by atoms with E-state index in [1.165, 1.54) is 37.7 Å². The van der Waals surface area contributed by atoms with Crippen LogP contribution < -0.4 is 0 Å². The highest BCUT2D eigenvalue weighted by Gasteiger charge is 2.51. The summed E-state index contributed by atoms with van der Waals surface area (Å²) in [7, 11) is 0. The molecule has 0 aromatic heterocycles. The Morgan fingerprint density at radius 3 is 2.07 bits per heavy atom. The molecule has 0 radical (unpaired) electrons. The van der Waals surface area contributed by atoms with Gasteiger partial charge in [0.2, 0.25) is 0 Å². The van der Waals surface area contributed by atoms with Gasteiger partial charge in [0.05, 0.1) is 12.2 Å². The van der Waals surface area contributed by atoms with Gasteiger partial charge in [-0.15, -0.1) is 0 Å². The summed E-state index contributed by atoms with van der Waals surface area (Å²) in [5.41, 5.74) is 3.68. The van der Waals surface area contributed by atoms with Crippen LogP contribution in [0.15, 0.2) is 84.0 Å². The van der Waals surface area contributed by atoms with Crippen molar-refractivity contribution in [3.8, 4) is 11.5 Å². The smallest absolute Gasteiger partial charge is 0.115 e. The van der Waals surface area contributed by atoms with Crippen LogP contribution in [-0.4, -0.2) is 37.7 Å². The summed E-state index contributed by atoms with van der Waals surface area (Å²) in [6.07, 6.45) is 15.2. The number of aliphatic hydroxyl groups excluding tert-OH is 2. The van der Waals surface area contributed by atoms with Gasteiger partial charge in [-0.25, -0.2) is 0 Å². The van der Waals surface area contributed by atoms with Crippen LogP contribution in [0.4, 0.5) is 0 Å². The third-order valence-electron chi connectivity index (χ3n) is 12.2. The summed E-state index contributed by atoms with van der Waals surface area (Å²) in [4.78, 5) is 0. The molecular formula is C41H56O5. The number of fused-ring (bicyclic) bond motifs is 1. The van der Waals surface area contributed by atoms with Crippen molar-refractivity contribution in [2.45, 2.75) is 116 Å². The molecule has 3 aliphatic rings. The number of hydrogen-bond donors (Lipinski definition) is 5. The molecule has 5 nitrogen and oxygen atoms in total. The molecule has 0 aliphatic heterocycles. The predicted octanol–water partition coefficient (Wildman–Crippen LogP) is 8.70. The number of hydrogen-bond acceptors (Lipinski definition) is 5. The highest BCUT2D eigenvalue weighted by Crippen LogP contribution is 2.61. The molecule has 5 heteroatoms. The maximum Gasteiger partial charge on any atom is 0.115 e. The molecule has 250 valence electrons. The average Bonchev–Trinajstić information content (AvgIpc) is 3.40. The minimum atomic E-state index is -1.23. The fraction of sp³-hybridized carbons (Fsp3) is 0.561. The van der Waals surface area contributed by atoms with Crippen molar-refractivity contribution in [3.05, 3.63) is 95.1 Å². The lowest BCUT2D eigenvalue weighted by Gasteiger charge is -2.46. The Bertz CT molecular complexity index is 1330. The van der Waals surface area contributed by atoms with Gasteiger partial charge in [-0.05, 0) is 128 Å². The van der Waals surface area contributed by atoms with E-state index in [-0.39, 0.29) is 16.9 Å². The molecule has 0 spiro atoms. The van der Waals surface area contributed by atoms with Gasteiger partial charge in [0.25, 0.3) is 0 Å². The first-order valence-corrected chi connectivity index (χ1v) is 17.7. The first-order valence-electron chi connectivity index (χ1n) is 17.7. The van der Waals surface area contributed by atoms with Crippen molar-refractivity contribution in [1.82, 2.24) is 0 Å². The summed E-state index contributed by atoms with van der Waals surface area (Å²) >= 11 is 0. The van der Waals surface area contributed by atoms with Crippen molar-refractivity contribution in [2.75, 3.05) is 0 Å². The Balaban J connectivity index is 1.36. The standard InChI is InChI=1S/C41H56O5/c1-5-6-8-30(22-24-41(46,32-12-16-34(42)17-13-32)33-14-18-35(43)19-15-33)27(2)36-20-21-37-31(9-7-23-40(36,37)4)11-10-29-25-38(44)28(3)39(45)26-29/h10-19,27,30,36-39,42-46H,3,5-9,20-26H2,1-2,4H3/b31-11+/t27-,30+,36-,37+,38-,39-,40-/m1/s1. The van der Waals surface area contributed by atoms with Crippen LogP contribution in [0, 0.1) is 29.1 Å². The number of aromatic hydroxyl groups is 2. The molecule has 0 saturated heterocycles. The molecule has 5 N–H and O–H groups in total. The lowest BCUT2D eigenvalue weighted by Crippen LogP contribution is -2.38. The lowest BCUT2D eigenvalue weighted by atomic mass is 9.59. The Morgan fingerprint density at radius 1 is 0.913 bits per heavy atom. The first-order chi connectivity index (χ1) is 22.0. The molecule has 5 rings (SSSR count). The molecule has 0 unspecified atom stereocenters. The summed E-state index contributed by atoms with van der Waals surface area (Å²) in [5, 5.41) is 52.9. The third-order valence-corrected chi connectivity index (χ3v) is 12.2. The first kappa shape index (κ1) is 34.5. The number of phenolic OH excluding ortho intramolecular Hbond substituents is 2. The normalized spacial score (nSPS) is 29.0. The van der Waals surface area contributed by atoms with Gasteiger partial charge in [-0.3, -0.25) is 0 Å². The number of benzene rings is 2. The molecule has 2 aromatic rings. The summed E-state index contributed by atoms with van der Waals surface area (Å²) in [6.45, 7) is 11.1. The molecule has 0 amide bonds. The van der Waals surface area contributed by atoms with Crippen molar-refractivity contribution in [2.24, 2.45) is 29.1 Å². The van der Waals surface area contributed by atoms with Gasteiger partial charge in [0, 0.05) is 0 Å². The molecule has 3 fully saturated rings. The van der Waals surface area contributed by atoms with Gasteiger partial charge in [-0.2, -0.15) is 0 Å². The number of phenols is 2. The zero-order chi connectivity index (χ0) is 33.1. The molecule has 0 bridgehead atoms.